The van der Waals surface area contributed by atoms with Gasteiger partial charge in [-0.1, -0.05) is 71.4 Å². The van der Waals surface area contributed by atoms with Crippen molar-refractivity contribution < 1.29 is 29.4 Å². The van der Waals surface area contributed by atoms with Crippen LogP contribution in [-0.4, -0.2) is 86.8 Å². The SMILES string of the molecule is CC[C@H](C)[C@H](CC(=O)[C@@]1(C)CCCN1C)C(=O)N(C)[C@H](C[C@@H](O)c1nc(C(=O)N[C@@H](Cc2ccccc2)C[C@H](C)C(=O)O)cs1)C(C)C. The van der Waals surface area contributed by atoms with Crippen LogP contribution >= 0.6 is 11.3 Å². The first-order chi connectivity index (χ1) is 22.6. The number of aliphatic hydroxyl groups excluding tert-OH is 1. The molecule has 2 amide bonds. The van der Waals surface area contributed by atoms with E-state index >= 15 is 0 Å². The maximum absolute atomic E-state index is 14.1. The molecule has 1 aliphatic rings. The van der Waals surface area contributed by atoms with Gasteiger partial charge in [0.05, 0.1) is 11.5 Å². The molecule has 1 saturated heterocycles. The Kier molecular flexibility index (Phi) is 14.3. The summed E-state index contributed by atoms with van der Waals surface area (Å²) in [6, 6.07) is 8.83. The molecule has 1 fully saturated rings. The fourth-order valence-electron chi connectivity index (χ4n) is 6.74. The predicted octanol–water partition coefficient (Wildman–Crippen LogP) is 5.61. The molecule has 0 radical (unpaired) electrons. The molecule has 0 bridgehead atoms. The molecule has 266 valence electrons. The van der Waals surface area contributed by atoms with E-state index in [1.165, 1.54) is 11.3 Å². The molecule has 1 aromatic heterocycles. The van der Waals surface area contributed by atoms with Gasteiger partial charge in [-0.25, -0.2) is 4.98 Å². The van der Waals surface area contributed by atoms with Crippen LogP contribution in [0.4, 0.5) is 0 Å². The fourth-order valence-corrected chi connectivity index (χ4v) is 7.54. The lowest BCUT2D eigenvalue weighted by molar-refractivity contribution is -0.143. The smallest absolute Gasteiger partial charge is 0.306 e. The van der Waals surface area contributed by atoms with Gasteiger partial charge in [0.25, 0.3) is 5.91 Å². The molecule has 3 rings (SSSR count). The number of nitrogens with zero attached hydrogens (tertiary/aromatic N) is 3. The normalized spacial score (nSPS) is 20.5. The van der Waals surface area contributed by atoms with Gasteiger partial charge in [-0.3, -0.25) is 24.1 Å². The van der Waals surface area contributed by atoms with Crippen molar-refractivity contribution in [2.45, 2.75) is 110 Å². The van der Waals surface area contributed by atoms with Crippen molar-refractivity contribution in [2.75, 3.05) is 20.6 Å². The van der Waals surface area contributed by atoms with Gasteiger partial charge in [0.15, 0.2) is 5.78 Å². The molecule has 2 aromatic rings. The lowest BCUT2D eigenvalue weighted by atomic mass is 9.80. The number of hydrogen-bond donors (Lipinski definition) is 3. The monoisotopic (exact) mass is 684 g/mol. The van der Waals surface area contributed by atoms with Crippen LogP contribution in [0.1, 0.15) is 107 Å². The zero-order chi connectivity index (χ0) is 35.8. The molecule has 0 saturated carbocycles. The first-order valence-corrected chi connectivity index (χ1v) is 18.2. The Labute approximate surface area is 290 Å². The minimum absolute atomic E-state index is 0.0121. The standard InChI is InChI=1S/C37H56N4O6S/c1-9-24(4)28(20-32(43)37(6)16-13-17-40(37)7)35(45)41(8)30(23(2)3)21-31(42)34-39-29(22-48-34)33(44)38-27(18-25(5)36(46)47)19-26-14-11-10-12-15-26/h10-12,14-15,22-25,27-28,30-31,42H,9,13,16-21H2,1-8H3,(H,38,44)(H,46,47)/t24-,25-,27+,28-,30+,31+,37+/m0/s1. The number of thiazole rings is 1. The average molecular weight is 685 g/mol. The second-order valence-corrected chi connectivity index (χ2v) is 15.2. The predicted molar refractivity (Wildman–Crippen MR) is 189 cm³/mol. The Bertz CT molecular complexity index is 1380. The number of carboxylic acid groups (broad SMARTS) is 1. The fraction of sp³-hybridized carbons (Fsp3) is 0.649. The van der Waals surface area contributed by atoms with E-state index in [-0.39, 0.29) is 54.5 Å². The quantitative estimate of drug-likeness (QED) is 0.184. The number of hydrogen-bond acceptors (Lipinski definition) is 8. The number of Topliss-reactive ketones (excluding diaryl/α,β-unsaturated/α-hetero) is 1. The minimum atomic E-state index is -1.01. The van der Waals surface area contributed by atoms with Crippen LogP contribution in [0.2, 0.25) is 0 Å². The molecule has 1 aliphatic heterocycles. The van der Waals surface area contributed by atoms with Crippen molar-refractivity contribution in [3.8, 4) is 0 Å². The summed E-state index contributed by atoms with van der Waals surface area (Å²) in [6.07, 6.45) is 2.66. The van der Waals surface area contributed by atoms with Crippen molar-refractivity contribution in [1.29, 1.82) is 0 Å². The third kappa shape index (κ3) is 9.95. The zero-order valence-corrected chi connectivity index (χ0v) is 30.8. The number of rotatable bonds is 18. The highest BCUT2D eigenvalue weighted by Crippen LogP contribution is 2.34. The summed E-state index contributed by atoms with van der Waals surface area (Å²) in [5, 5.41) is 25.7. The highest BCUT2D eigenvalue weighted by atomic mass is 32.1. The third-order valence-corrected chi connectivity index (χ3v) is 11.4. The summed E-state index contributed by atoms with van der Waals surface area (Å²) in [5.74, 6) is -2.43. The Morgan fingerprint density at radius 2 is 1.77 bits per heavy atom. The molecule has 0 aliphatic carbocycles. The van der Waals surface area contributed by atoms with Crippen molar-refractivity contribution in [1.82, 2.24) is 20.1 Å². The second-order valence-electron chi connectivity index (χ2n) is 14.3. The van der Waals surface area contributed by atoms with Crippen LogP contribution in [0, 0.1) is 23.7 Å². The number of benzene rings is 1. The molecule has 2 heterocycles. The highest BCUT2D eigenvalue weighted by molar-refractivity contribution is 7.09. The third-order valence-electron chi connectivity index (χ3n) is 10.5. The maximum Gasteiger partial charge on any atom is 0.306 e. The number of likely N-dealkylation sites (tertiary alicyclic amines) is 1. The van der Waals surface area contributed by atoms with Gasteiger partial charge in [-0.2, -0.15) is 0 Å². The van der Waals surface area contributed by atoms with Crippen LogP contribution < -0.4 is 5.32 Å². The lowest BCUT2D eigenvalue weighted by Crippen LogP contribution is -2.50. The van der Waals surface area contributed by atoms with Gasteiger partial charge >= 0.3 is 5.97 Å². The molecule has 0 spiro atoms. The number of amides is 2. The second kappa shape index (κ2) is 17.5. The number of aromatic nitrogens is 1. The van der Waals surface area contributed by atoms with Gasteiger partial charge in [-0.15, -0.1) is 11.3 Å². The zero-order valence-electron chi connectivity index (χ0n) is 29.9. The van der Waals surface area contributed by atoms with Crippen LogP contribution in [0.25, 0.3) is 0 Å². The van der Waals surface area contributed by atoms with Crippen LogP contribution in [0.3, 0.4) is 0 Å². The summed E-state index contributed by atoms with van der Waals surface area (Å²) in [7, 11) is 3.73. The van der Waals surface area contributed by atoms with Gasteiger partial charge < -0.3 is 20.4 Å². The first-order valence-electron chi connectivity index (χ1n) is 17.3. The van der Waals surface area contributed by atoms with Crippen LogP contribution in [0.5, 0.6) is 0 Å². The number of nitrogens with one attached hydrogen (secondary N) is 1. The Balaban J connectivity index is 1.72. The van der Waals surface area contributed by atoms with Gasteiger partial charge in [0.2, 0.25) is 5.91 Å². The molecule has 0 unspecified atom stereocenters. The molecule has 1 aromatic carbocycles. The topological polar surface area (TPSA) is 140 Å². The van der Waals surface area contributed by atoms with Gasteiger partial charge in [-0.05, 0) is 63.6 Å². The number of aliphatic carboxylic acids is 1. The number of ketones is 1. The van der Waals surface area contributed by atoms with Crippen molar-refractivity contribution in [3.63, 3.8) is 0 Å². The van der Waals surface area contributed by atoms with Crippen molar-refractivity contribution in [3.05, 3.63) is 52.0 Å². The summed E-state index contributed by atoms with van der Waals surface area (Å²) in [4.78, 5) is 60.8. The van der Waals surface area contributed by atoms with E-state index in [1.807, 2.05) is 72.0 Å². The van der Waals surface area contributed by atoms with Gasteiger partial charge in [0, 0.05) is 43.3 Å². The van der Waals surface area contributed by atoms with E-state index in [2.05, 4.69) is 15.2 Å². The Hall–Kier alpha value is -3.15. The molecular formula is C37H56N4O6S. The Morgan fingerprint density at radius 1 is 1.10 bits per heavy atom. The van der Waals surface area contributed by atoms with Crippen LogP contribution in [-0.2, 0) is 20.8 Å². The highest BCUT2D eigenvalue weighted by Gasteiger charge is 2.43. The van der Waals surface area contributed by atoms with Crippen molar-refractivity contribution >= 4 is 34.9 Å². The number of carbonyl (C=O) groups is 4. The molecular weight excluding hydrogens is 628 g/mol. The number of likely N-dealkylation sites (N-methyl/N-ethyl adjacent to an activating group) is 1. The maximum atomic E-state index is 14.1. The number of carbonyl (C=O) groups excluding carboxylic acids is 3. The lowest BCUT2D eigenvalue weighted by Gasteiger charge is -2.37. The van der Waals surface area contributed by atoms with E-state index in [1.54, 1.807) is 24.3 Å². The van der Waals surface area contributed by atoms with Crippen LogP contribution in [0.15, 0.2) is 35.7 Å². The molecule has 48 heavy (non-hydrogen) atoms. The number of carboxylic acids is 1. The summed E-state index contributed by atoms with van der Waals surface area (Å²) in [6.45, 7) is 12.5. The minimum Gasteiger partial charge on any atom is -0.481 e. The summed E-state index contributed by atoms with van der Waals surface area (Å²) in [5.41, 5.74) is 0.581. The van der Waals surface area contributed by atoms with E-state index in [4.69, 9.17) is 0 Å². The number of aliphatic hydroxyl groups is 1. The molecule has 10 nitrogen and oxygen atoms in total. The van der Waals surface area contributed by atoms with E-state index < -0.39 is 41.4 Å². The van der Waals surface area contributed by atoms with Crippen molar-refractivity contribution in [2.24, 2.45) is 23.7 Å². The Morgan fingerprint density at radius 3 is 2.33 bits per heavy atom. The molecule has 7 atom stereocenters. The first kappa shape index (κ1) is 39.3. The van der Waals surface area contributed by atoms with Gasteiger partial charge in [0.1, 0.15) is 16.8 Å². The largest absolute Gasteiger partial charge is 0.481 e. The average Bonchev–Trinajstić information content (AvgIpc) is 3.69. The molecule has 11 heteroatoms. The van der Waals surface area contributed by atoms with E-state index in [9.17, 15) is 29.4 Å². The van der Waals surface area contributed by atoms with E-state index in [0.29, 0.717) is 11.4 Å². The van der Waals surface area contributed by atoms with E-state index in [0.717, 1.165) is 31.4 Å². The molecule has 3 N–H and O–H groups in total. The summed E-state index contributed by atoms with van der Waals surface area (Å²) >= 11 is 1.18. The summed E-state index contributed by atoms with van der Waals surface area (Å²) < 4.78 is 0.